The summed E-state index contributed by atoms with van der Waals surface area (Å²) in [5.41, 5.74) is 1.60. The molecular formula is C21H21N3O4. The molecule has 7 heteroatoms. The molecular weight excluding hydrogens is 358 g/mol. The fraction of sp³-hybridized carbons (Fsp3) is 0.190. The quantitative estimate of drug-likeness (QED) is 0.640. The van der Waals surface area contributed by atoms with Crippen LogP contribution in [-0.2, 0) is 11.2 Å². The third-order valence-corrected chi connectivity index (χ3v) is 4.00. The summed E-state index contributed by atoms with van der Waals surface area (Å²) < 4.78 is 16.1. The van der Waals surface area contributed by atoms with Crippen LogP contribution in [0.3, 0.4) is 0 Å². The summed E-state index contributed by atoms with van der Waals surface area (Å²) in [6.45, 7) is 0. The molecule has 0 fully saturated rings. The molecule has 2 aromatic carbocycles. The van der Waals surface area contributed by atoms with E-state index in [1.165, 1.54) is 0 Å². The van der Waals surface area contributed by atoms with E-state index in [1.54, 1.807) is 56.9 Å². The Morgan fingerprint density at radius 3 is 2.36 bits per heavy atom. The van der Waals surface area contributed by atoms with E-state index in [0.29, 0.717) is 24.3 Å². The van der Waals surface area contributed by atoms with E-state index in [-0.39, 0.29) is 11.9 Å². The summed E-state index contributed by atoms with van der Waals surface area (Å²) in [6.07, 6.45) is 4.07. The van der Waals surface area contributed by atoms with Crippen LogP contribution in [0, 0.1) is 0 Å². The maximum atomic E-state index is 12.3. The van der Waals surface area contributed by atoms with Crippen LogP contribution in [0.4, 0.5) is 5.69 Å². The van der Waals surface area contributed by atoms with Gasteiger partial charge in [-0.2, -0.15) is 0 Å². The maximum absolute atomic E-state index is 12.3. The third-order valence-electron chi connectivity index (χ3n) is 4.00. The monoisotopic (exact) mass is 379 g/mol. The molecule has 0 aliphatic rings. The summed E-state index contributed by atoms with van der Waals surface area (Å²) in [4.78, 5) is 20.3. The zero-order chi connectivity index (χ0) is 19.8. The van der Waals surface area contributed by atoms with Gasteiger partial charge >= 0.3 is 6.01 Å². The smallest absolute Gasteiger partial charge is 0.321 e. The SMILES string of the molecule is COc1ccc(OC)c(CCC(=O)Nc2ccc(Oc3ncccn3)cc2)c1. The molecule has 1 amide bonds. The number of methoxy groups -OCH3 is 2. The number of aryl methyl sites for hydroxylation is 1. The molecule has 144 valence electrons. The van der Waals surface area contributed by atoms with Gasteiger partial charge in [-0.15, -0.1) is 0 Å². The summed E-state index contributed by atoms with van der Waals surface area (Å²) in [5.74, 6) is 1.96. The number of carbonyl (C=O) groups is 1. The molecule has 0 radical (unpaired) electrons. The molecule has 0 spiro atoms. The Hall–Kier alpha value is -3.61. The van der Waals surface area contributed by atoms with Gasteiger partial charge in [0.05, 0.1) is 14.2 Å². The Balaban J connectivity index is 1.55. The third kappa shape index (κ3) is 5.20. The Bertz CT molecular complexity index is 915. The number of hydrogen-bond acceptors (Lipinski definition) is 6. The molecule has 1 aromatic heterocycles. The average molecular weight is 379 g/mol. The van der Waals surface area contributed by atoms with Crippen LogP contribution in [0.25, 0.3) is 0 Å². The van der Waals surface area contributed by atoms with E-state index < -0.39 is 0 Å². The van der Waals surface area contributed by atoms with Crippen LogP contribution in [0.15, 0.2) is 60.9 Å². The Morgan fingerprint density at radius 2 is 1.68 bits per heavy atom. The van der Waals surface area contributed by atoms with Gasteiger partial charge in [-0.3, -0.25) is 4.79 Å². The lowest BCUT2D eigenvalue weighted by molar-refractivity contribution is -0.116. The van der Waals surface area contributed by atoms with E-state index in [9.17, 15) is 4.79 Å². The number of hydrogen-bond donors (Lipinski definition) is 1. The summed E-state index contributed by atoms with van der Waals surface area (Å²) in [7, 11) is 3.21. The van der Waals surface area contributed by atoms with Gasteiger partial charge in [-0.1, -0.05) is 0 Å². The normalized spacial score (nSPS) is 10.2. The molecule has 0 unspecified atom stereocenters. The van der Waals surface area contributed by atoms with Crippen molar-refractivity contribution in [2.75, 3.05) is 19.5 Å². The lowest BCUT2D eigenvalue weighted by Gasteiger charge is -2.11. The fourth-order valence-electron chi connectivity index (χ4n) is 2.60. The van der Waals surface area contributed by atoms with Crippen LogP contribution < -0.4 is 19.5 Å². The fourth-order valence-corrected chi connectivity index (χ4v) is 2.60. The largest absolute Gasteiger partial charge is 0.497 e. The zero-order valence-corrected chi connectivity index (χ0v) is 15.7. The summed E-state index contributed by atoms with van der Waals surface area (Å²) in [6, 6.07) is 14.6. The van der Waals surface area contributed by atoms with E-state index in [1.807, 2.05) is 18.2 Å². The minimum atomic E-state index is -0.0927. The number of benzene rings is 2. The number of nitrogens with one attached hydrogen (secondary N) is 1. The number of ether oxygens (including phenoxy) is 3. The first-order chi connectivity index (χ1) is 13.7. The molecule has 0 bridgehead atoms. The minimum absolute atomic E-state index is 0.0927. The highest BCUT2D eigenvalue weighted by Crippen LogP contribution is 2.25. The van der Waals surface area contributed by atoms with Crippen molar-refractivity contribution in [1.82, 2.24) is 9.97 Å². The van der Waals surface area contributed by atoms with Crippen LogP contribution in [-0.4, -0.2) is 30.1 Å². The Morgan fingerprint density at radius 1 is 0.964 bits per heavy atom. The Kier molecular flexibility index (Phi) is 6.41. The van der Waals surface area contributed by atoms with Crippen LogP contribution in [0.2, 0.25) is 0 Å². The lowest BCUT2D eigenvalue weighted by Crippen LogP contribution is -2.12. The standard InChI is InChI=1S/C21H21N3O4/c1-26-18-9-10-19(27-2)15(14-18)4-11-20(25)24-16-5-7-17(8-6-16)28-21-22-12-3-13-23-21/h3,5-10,12-14H,4,11H2,1-2H3,(H,24,25). The maximum Gasteiger partial charge on any atom is 0.321 e. The number of rotatable bonds is 8. The van der Waals surface area contributed by atoms with E-state index in [0.717, 1.165) is 17.1 Å². The van der Waals surface area contributed by atoms with Crippen molar-refractivity contribution in [2.24, 2.45) is 0 Å². The lowest BCUT2D eigenvalue weighted by atomic mass is 10.1. The second-order valence-corrected chi connectivity index (χ2v) is 5.88. The van der Waals surface area contributed by atoms with E-state index >= 15 is 0 Å². The first-order valence-corrected chi connectivity index (χ1v) is 8.73. The van der Waals surface area contributed by atoms with Crippen molar-refractivity contribution in [3.8, 4) is 23.3 Å². The highest BCUT2D eigenvalue weighted by atomic mass is 16.5. The number of carbonyl (C=O) groups excluding carboxylic acids is 1. The van der Waals surface area contributed by atoms with Crippen molar-refractivity contribution in [1.29, 1.82) is 0 Å². The molecule has 7 nitrogen and oxygen atoms in total. The molecule has 0 saturated carbocycles. The van der Waals surface area contributed by atoms with Gasteiger partial charge in [0.15, 0.2) is 0 Å². The van der Waals surface area contributed by atoms with Crippen LogP contribution in [0.5, 0.6) is 23.3 Å². The topological polar surface area (TPSA) is 82.6 Å². The van der Waals surface area contributed by atoms with Gasteiger partial charge in [0.2, 0.25) is 5.91 Å². The van der Waals surface area contributed by atoms with Crippen molar-refractivity contribution in [3.63, 3.8) is 0 Å². The molecule has 3 aromatic rings. The number of nitrogens with zero attached hydrogens (tertiary/aromatic N) is 2. The molecule has 1 heterocycles. The van der Waals surface area contributed by atoms with Gasteiger partial charge in [0, 0.05) is 24.5 Å². The minimum Gasteiger partial charge on any atom is -0.497 e. The predicted molar refractivity (Wildman–Crippen MR) is 105 cm³/mol. The molecule has 0 atom stereocenters. The summed E-state index contributed by atoms with van der Waals surface area (Å²) >= 11 is 0. The van der Waals surface area contributed by atoms with Crippen molar-refractivity contribution in [3.05, 3.63) is 66.5 Å². The highest BCUT2D eigenvalue weighted by molar-refractivity contribution is 5.90. The average Bonchev–Trinajstić information content (AvgIpc) is 2.74. The summed E-state index contributed by atoms with van der Waals surface area (Å²) in [5, 5.41) is 2.87. The first-order valence-electron chi connectivity index (χ1n) is 8.73. The molecule has 28 heavy (non-hydrogen) atoms. The predicted octanol–water partition coefficient (Wildman–Crippen LogP) is 3.86. The second kappa shape index (κ2) is 9.36. The van der Waals surface area contributed by atoms with Gasteiger partial charge in [0.25, 0.3) is 0 Å². The van der Waals surface area contributed by atoms with Crippen molar-refractivity contribution < 1.29 is 19.0 Å². The molecule has 1 N–H and O–H groups in total. The molecule has 0 aliphatic heterocycles. The second-order valence-electron chi connectivity index (χ2n) is 5.88. The van der Waals surface area contributed by atoms with Gasteiger partial charge in [0.1, 0.15) is 17.2 Å². The van der Waals surface area contributed by atoms with Gasteiger partial charge in [-0.05, 0) is 60.5 Å². The molecule has 0 saturated heterocycles. The zero-order valence-electron chi connectivity index (χ0n) is 15.7. The van der Waals surface area contributed by atoms with E-state index in [4.69, 9.17) is 14.2 Å². The number of amides is 1. The Labute approximate surface area is 163 Å². The van der Waals surface area contributed by atoms with Crippen molar-refractivity contribution >= 4 is 11.6 Å². The van der Waals surface area contributed by atoms with Crippen LogP contribution >= 0.6 is 0 Å². The van der Waals surface area contributed by atoms with E-state index in [2.05, 4.69) is 15.3 Å². The number of aromatic nitrogens is 2. The molecule has 3 rings (SSSR count). The van der Waals surface area contributed by atoms with Crippen LogP contribution in [0.1, 0.15) is 12.0 Å². The van der Waals surface area contributed by atoms with Gasteiger partial charge < -0.3 is 19.5 Å². The van der Waals surface area contributed by atoms with Gasteiger partial charge in [-0.25, -0.2) is 9.97 Å². The van der Waals surface area contributed by atoms with Crippen molar-refractivity contribution in [2.45, 2.75) is 12.8 Å². The first kappa shape index (κ1) is 19.2. The number of anilines is 1. The highest BCUT2D eigenvalue weighted by Gasteiger charge is 2.09. The molecule has 0 aliphatic carbocycles.